The minimum Gasteiger partial charge on any atom is -0.457 e. The third-order valence-electron chi connectivity index (χ3n) is 8.36. The van der Waals surface area contributed by atoms with E-state index >= 15 is 0 Å². The maximum absolute atomic E-state index is 12.6. The van der Waals surface area contributed by atoms with Gasteiger partial charge in [-0.15, -0.1) is 0 Å². The molecule has 1 unspecified atom stereocenters. The van der Waals surface area contributed by atoms with Crippen molar-refractivity contribution in [3.8, 4) is 0 Å². The van der Waals surface area contributed by atoms with Gasteiger partial charge in [0.2, 0.25) is 0 Å². The van der Waals surface area contributed by atoms with E-state index in [0.29, 0.717) is 24.1 Å². The number of quaternary nitrogens is 1. The van der Waals surface area contributed by atoms with E-state index in [-0.39, 0.29) is 26.2 Å². The summed E-state index contributed by atoms with van der Waals surface area (Å²) in [5.74, 6) is -0.395. The number of nitrogens with zero attached hydrogens (tertiary/aromatic N) is 1. The first-order valence-electron chi connectivity index (χ1n) is 20.5. The molecule has 1 N–H and O–H groups in total. The standard InChI is InChI=1S/C43H78NO7P/c1-6-8-10-12-14-16-18-20-22-23-24-26-28-30-32-34-36-43(45)51-42(41-50-52(46,47)49-39-37-44(3,4)5)40-48-38-35-33-31-29-27-25-21-19-17-15-13-11-9-7-2/h8,10,14,16,20,22,24,26,30,32,42H,6-7,9,11-13,15,17-19,21,23,25,27-29,31,33-41H2,1-5H3/p+1/t42-/m1/s1. The Bertz CT molecular complexity index is 1020. The van der Waals surface area contributed by atoms with Gasteiger partial charge in [0.05, 0.1) is 34.4 Å². The van der Waals surface area contributed by atoms with Gasteiger partial charge in [-0.3, -0.25) is 13.8 Å². The van der Waals surface area contributed by atoms with Crippen molar-refractivity contribution in [2.45, 2.75) is 155 Å². The summed E-state index contributed by atoms with van der Waals surface area (Å²) in [4.78, 5) is 22.8. The van der Waals surface area contributed by atoms with E-state index in [1.165, 1.54) is 77.0 Å². The van der Waals surface area contributed by atoms with Crippen molar-refractivity contribution in [2.24, 2.45) is 0 Å². The van der Waals surface area contributed by atoms with Crippen molar-refractivity contribution < 1.29 is 37.3 Å². The van der Waals surface area contributed by atoms with Crippen LogP contribution < -0.4 is 0 Å². The highest BCUT2D eigenvalue weighted by molar-refractivity contribution is 7.47. The molecule has 0 aliphatic heterocycles. The number of allylic oxidation sites excluding steroid dienone is 10. The zero-order valence-electron chi connectivity index (χ0n) is 34.0. The quantitative estimate of drug-likeness (QED) is 0.0222. The zero-order chi connectivity index (χ0) is 38.4. The molecule has 0 aromatic carbocycles. The number of phosphoric ester groups is 1. The largest absolute Gasteiger partial charge is 0.472 e. The monoisotopic (exact) mass is 753 g/mol. The Balaban J connectivity index is 4.40. The molecule has 8 nitrogen and oxygen atoms in total. The van der Waals surface area contributed by atoms with Crippen molar-refractivity contribution in [1.82, 2.24) is 0 Å². The Labute approximate surface area is 320 Å². The first-order chi connectivity index (χ1) is 25.1. The lowest BCUT2D eigenvalue weighted by molar-refractivity contribution is -0.870. The third-order valence-corrected chi connectivity index (χ3v) is 9.34. The van der Waals surface area contributed by atoms with Gasteiger partial charge in [0.25, 0.3) is 0 Å². The number of hydrogen-bond donors (Lipinski definition) is 1. The van der Waals surface area contributed by atoms with Crippen LogP contribution in [0.1, 0.15) is 149 Å². The topological polar surface area (TPSA) is 91.3 Å². The number of hydrogen-bond acceptors (Lipinski definition) is 6. The molecule has 0 aromatic heterocycles. The van der Waals surface area contributed by atoms with Crippen LogP contribution >= 0.6 is 7.82 Å². The molecule has 0 bridgehead atoms. The van der Waals surface area contributed by atoms with Crippen LogP contribution in [0.5, 0.6) is 0 Å². The smallest absolute Gasteiger partial charge is 0.457 e. The molecular formula is C43H79NO7P+. The first-order valence-corrected chi connectivity index (χ1v) is 22.0. The van der Waals surface area contributed by atoms with Crippen molar-refractivity contribution in [3.63, 3.8) is 0 Å². The predicted octanol–water partition coefficient (Wildman–Crippen LogP) is 11.8. The van der Waals surface area contributed by atoms with Crippen LogP contribution in [-0.2, 0) is 27.9 Å². The van der Waals surface area contributed by atoms with Crippen molar-refractivity contribution >= 4 is 13.8 Å². The fourth-order valence-corrected chi connectivity index (χ4v) is 5.93. The Morgan fingerprint density at radius 3 is 1.56 bits per heavy atom. The van der Waals surface area contributed by atoms with E-state index in [1.807, 2.05) is 33.3 Å². The molecule has 0 heterocycles. The number of phosphoric acid groups is 1. The van der Waals surface area contributed by atoms with Crippen LogP contribution in [0.2, 0.25) is 0 Å². The molecule has 0 aliphatic rings. The molecule has 0 spiro atoms. The van der Waals surface area contributed by atoms with Gasteiger partial charge in [-0.1, -0.05) is 158 Å². The molecule has 2 atom stereocenters. The average molecular weight is 753 g/mol. The summed E-state index contributed by atoms with van der Waals surface area (Å²) in [5.41, 5.74) is 0. The molecule has 0 aromatic rings. The van der Waals surface area contributed by atoms with Gasteiger partial charge in [-0.05, 0) is 44.9 Å². The van der Waals surface area contributed by atoms with Crippen LogP contribution in [0.15, 0.2) is 60.8 Å². The summed E-state index contributed by atoms with van der Waals surface area (Å²) in [6.45, 7) is 5.40. The number of esters is 1. The Morgan fingerprint density at radius 1 is 0.615 bits per heavy atom. The van der Waals surface area contributed by atoms with E-state index in [1.54, 1.807) is 0 Å². The average Bonchev–Trinajstić information content (AvgIpc) is 3.09. The van der Waals surface area contributed by atoms with Gasteiger partial charge >= 0.3 is 13.8 Å². The number of unbranched alkanes of at least 4 members (excludes halogenated alkanes) is 13. The Kier molecular flexibility index (Phi) is 34.9. The minimum atomic E-state index is -4.29. The van der Waals surface area contributed by atoms with Crippen LogP contribution in [0.25, 0.3) is 0 Å². The fraction of sp³-hybridized carbons (Fsp3) is 0.744. The zero-order valence-corrected chi connectivity index (χ0v) is 34.9. The van der Waals surface area contributed by atoms with Crippen LogP contribution in [-0.4, -0.2) is 75.6 Å². The molecule has 0 rings (SSSR count). The normalized spacial score (nSPS) is 14.5. The lowest BCUT2D eigenvalue weighted by Gasteiger charge is -2.24. The van der Waals surface area contributed by atoms with Crippen molar-refractivity contribution in [1.29, 1.82) is 0 Å². The number of carbonyl (C=O) groups excluding carboxylic acids is 1. The first kappa shape index (κ1) is 50.2. The maximum atomic E-state index is 12.6. The maximum Gasteiger partial charge on any atom is 0.472 e. The van der Waals surface area contributed by atoms with Crippen molar-refractivity contribution in [3.05, 3.63) is 60.8 Å². The second kappa shape index (κ2) is 36.2. The SMILES string of the molecule is CCC=CCC=CCC=CCC=CCC=CCCC(=O)O[C@H](COCCCCCCCCCCCCCCCC)COP(=O)(O)OCC[N+](C)(C)C. The summed E-state index contributed by atoms with van der Waals surface area (Å²) in [6.07, 6.45) is 44.1. The lowest BCUT2D eigenvalue weighted by Crippen LogP contribution is -2.37. The van der Waals surface area contributed by atoms with Gasteiger partial charge in [0.1, 0.15) is 19.3 Å². The van der Waals surface area contributed by atoms with Crippen molar-refractivity contribution in [2.75, 3.05) is 54.1 Å². The minimum absolute atomic E-state index is 0.0740. The summed E-state index contributed by atoms with van der Waals surface area (Å²) >= 11 is 0. The van der Waals surface area contributed by atoms with E-state index in [0.717, 1.165) is 44.9 Å². The number of likely N-dealkylation sites (N-methyl/N-ethyl adjacent to an activating group) is 1. The second-order valence-electron chi connectivity index (χ2n) is 14.6. The number of rotatable bonds is 37. The van der Waals surface area contributed by atoms with E-state index in [9.17, 15) is 14.3 Å². The fourth-order valence-electron chi connectivity index (χ4n) is 5.19. The summed E-state index contributed by atoms with van der Waals surface area (Å²) in [7, 11) is 1.62. The molecule has 52 heavy (non-hydrogen) atoms. The number of carbonyl (C=O) groups is 1. The summed E-state index contributed by atoms with van der Waals surface area (Å²) in [6, 6.07) is 0. The van der Waals surface area contributed by atoms with Crippen LogP contribution in [0.4, 0.5) is 0 Å². The lowest BCUT2D eigenvalue weighted by atomic mass is 10.0. The molecule has 302 valence electrons. The molecule has 0 radical (unpaired) electrons. The highest BCUT2D eigenvalue weighted by Gasteiger charge is 2.26. The molecule has 0 aliphatic carbocycles. The van der Waals surface area contributed by atoms with Crippen LogP contribution in [0, 0.1) is 0 Å². The number of ether oxygens (including phenoxy) is 2. The van der Waals surface area contributed by atoms with Crippen LogP contribution in [0.3, 0.4) is 0 Å². The summed E-state index contributed by atoms with van der Waals surface area (Å²) in [5, 5.41) is 0. The van der Waals surface area contributed by atoms with Gasteiger partial charge in [-0.25, -0.2) is 4.57 Å². The molecule has 0 saturated heterocycles. The molecule has 9 heteroatoms. The van der Waals surface area contributed by atoms with Gasteiger partial charge in [-0.2, -0.15) is 0 Å². The molecule has 0 amide bonds. The third kappa shape index (κ3) is 39.4. The summed E-state index contributed by atoms with van der Waals surface area (Å²) < 4.78 is 34.8. The van der Waals surface area contributed by atoms with E-state index < -0.39 is 19.9 Å². The highest BCUT2D eigenvalue weighted by atomic mass is 31.2. The molecule has 0 fully saturated rings. The highest BCUT2D eigenvalue weighted by Crippen LogP contribution is 2.43. The Hall–Kier alpha value is -1.80. The van der Waals surface area contributed by atoms with Gasteiger partial charge in [0, 0.05) is 13.0 Å². The second-order valence-corrected chi connectivity index (χ2v) is 16.1. The van der Waals surface area contributed by atoms with E-state index in [2.05, 4.69) is 62.5 Å². The van der Waals surface area contributed by atoms with E-state index in [4.69, 9.17) is 18.5 Å². The van der Waals surface area contributed by atoms with Gasteiger partial charge in [0.15, 0.2) is 0 Å². The molecular weight excluding hydrogens is 673 g/mol. The van der Waals surface area contributed by atoms with Gasteiger partial charge < -0.3 is 18.9 Å². The molecule has 0 saturated carbocycles. The predicted molar refractivity (Wildman–Crippen MR) is 219 cm³/mol. The Morgan fingerprint density at radius 2 is 1.08 bits per heavy atom.